The van der Waals surface area contributed by atoms with E-state index >= 15 is 0 Å². The van der Waals surface area contributed by atoms with Crippen LogP contribution in [0.4, 0.5) is 23.2 Å². The number of nitrogens with zero attached hydrogens (tertiary/aromatic N) is 2. The first-order valence-corrected chi connectivity index (χ1v) is 9.72. The van der Waals surface area contributed by atoms with E-state index in [9.17, 15) is 30.8 Å². The predicted molar refractivity (Wildman–Crippen MR) is 93.6 cm³/mol. The first-order chi connectivity index (χ1) is 13.0. The zero-order chi connectivity index (χ0) is 20.7. The highest BCUT2D eigenvalue weighted by molar-refractivity contribution is 7.89. The Hall–Kier alpha value is -2.46. The minimum atomic E-state index is -4.56. The van der Waals surface area contributed by atoms with Crippen molar-refractivity contribution in [1.29, 1.82) is 0 Å². The highest BCUT2D eigenvalue weighted by Crippen LogP contribution is 2.33. The van der Waals surface area contributed by atoms with Crippen LogP contribution in [0, 0.1) is 5.82 Å². The third kappa shape index (κ3) is 3.74. The Labute approximate surface area is 159 Å². The van der Waals surface area contributed by atoms with Gasteiger partial charge in [0.05, 0.1) is 10.5 Å². The molecule has 2 aromatic carbocycles. The summed E-state index contributed by atoms with van der Waals surface area (Å²) in [6.07, 6.45) is -4.56. The number of halogens is 4. The lowest BCUT2D eigenvalue weighted by Gasteiger charge is -2.38. The zero-order valence-corrected chi connectivity index (χ0v) is 15.5. The van der Waals surface area contributed by atoms with Gasteiger partial charge < -0.3 is 4.90 Å². The summed E-state index contributed by atoms with van der Waals surface area (Å²) < 4.78 is 78.3. The average molecular weight is 416 g/mol. The van der Waals surface area contributed by atoms with Crippen molar-refractivity contribution in [3.8, 4) is 0 Å². The number of carbonyl (C=O) groups excluding carboxylic acids is 1. The molecule has 0 N–H and O–H groups in total. The van der Waals surface area contributed by atoms with Crippen molar-refractivity contribution in [2.24, 2.45) is 0 Å². The maximum Gasteiger partial charge on any atom is 0.416 e. The number of anilines is 1. The lowest BCUT2D eigenvalue weighted by molar-refractivity contribution is -0.137. The van der Waals surface area contributed by atoms with Crippen LogP contribution < -0.4 is 4.90 Å². The van der Waals surface area contributed by atoms with E-state index in [1.165, 1.54) is 19.1 Å². The maximum atomic E-state index is 13.1. The second-order valence-electron chi connectivity index (χ2n) is 6.28. The van der Waals surface area contributed by atoms with Crippen LogP contribution in [0.25, 0.3) is 0 Å². The van der Waals surface area contributed by atoms with Gasteiger partial charge in [-0.05, 0) is 49.4 Å². The largest absolute Gasteiger partial charge is 0.416 e. The molecule has 0 aliphatic carbocycles. The van der Waals surface area contributed by atoms with Gasteiger partial charge in [0.25, 0.3) is 0 Å². The summed E-state index contributed by atoms with van der Waals surface area (Å²) >= 11 is 0. The van der Waals surface area contributed by atoms with E-state index in [2.05, 4.69) is 0 Å². The third-order valence-corrected chi connectivity index (χ3v) is 6.49. The number of rotatable bonds is 3. The molecular weight excluding hydrogens is 400 g/mol. The van der Waals surface area contributed by atoms with Crippen LogP contribution in [0.15, 0.2) is 53.4 Å². The molecule has 1 fully saturated rings. The standard InChI is InChI=1S/C18H16F4N2O3S/c1-12-17(25)23(15-4-2-3-13(11-15)18(20,21)22)9-10-24(12)28(26,27)16-7-5-14(19)6-8-16/h2-8,11-12H,9-10H2,1H3. The summed E-state index contributed by atoms with van der Waals surface area (Å²) in [4.78, 5) is 13.7. The molecule has 0 aromatic heterocycles. The smallest absolute Gasteiger partial charge is 0.310 e. The Bertz CT molecular complexity index is 991. The number of carbonyl (C=O) groups is 1. The molecule has 0 bridgehead atoms. The van der Waals surface area contributed by atoms with Crippen LogP contribution in [-0.2, 0) is 21.0 Å². The molecule has 1 amide bonds. The molecule has 150 valence electrons. The van der Waals surface area contributed by atoms with E-state index in [4.69, 9.17) is 0 Å². The third-order valence-electron chi connectivity index (χ3n) is 4.50. The van der Waals surface area contributed by atoms with Gasteiger partial charge >= 0.3 is 6.18 Å². The quantitative estimate of drug-likeness (QED) is 0.722. The highest BCUT2D eigenvalue weighted by Gasteiger charge is 2.40. The number of alkyl halides is 3. The Balaban J connectivity index is 1.87. The molecule has 28 heavy (non-hydrogen) atoms. The van der Waals surface area contributed by atoms with Crippen molar-refractivity contribution >= 4 is 21.6 Å². The monoisotopic (exact) mass is 416 g/mol. The lowest BCUT2D eigenvalue weighted by Crippen LogP contribution is -2.57. The van der Waals surface area contributed by atoms with Crippen molar-refractivity contribution in [2.75, 3.05) is 18.0 Å². The molecule has 5 nitrogen and oxygen atoms in total. The van der Waals surface area contributed by atoms with Crippen LogP contribution >= 0.6 is 0 Å². The van der Waals surface area contributed by atoms with Gasteiger partial charge in [-0.15, -0.1) is 0 Å². The second kappa shape index (κ2) is 7.17. The summed E-state index contributed by atoms with van der Waals surface area (Å²) in [5, 5.41) is 0. The van der Waals surface area contributed by atoms with Gasteiger partial charge in [0.15, 0.2) is 0 Å². The summed E-state index contributed by atoms with van der Waals surface area (Å²) in [6, 6.07) is 7.38. The van der Waals surface area contributed by atoms with E-state index in [-0.39, 0.29) is 23.7 Å². The second-order valence-corrected chi connectivity index (χ2v) is 8.17. The van der Waals surface area contributed by atoms with Crippen molar-refractivity contribution < 1.29 is 30.8 Å². The molecule has 0 spiro atoms. The minimum Gasteiger partial charge on any atom is -0.310 e. The number of benzene rings is 2. The van der Waals surface area contributed by atoms with Crippen LogP contribution in [0.5, 0.6) is 0 Å². The van der Waals surface area contributed by atoms with Gasteiger partial charge in [-0.2, -0.15) is 17.5 Å². The normalized spacial score (nSPS) is 19.1. The van der Waals surface area contributed by atoms with E-state index in [1.54, 1.807) is 0 Å². The number of hydrogen-bond acceptors (Lipinski definition) is 3. The SMILES string of the molecule is CC1C(=O)N(c2cccc(C(F)(F)F)c2)CCN1S(=O)(=O)c1ccc(F)cc1. The van der Waals surface area contributed by atoms with E-state index < -0.39 is 39.5 Å². The van der Waals surface area contributed by atoms with Crippen molar-refractivity contribution in [2.45, 2.75) is 24.0 Å². The fraction of sp³-hybridized carbons (Fsp3) is 0.278. The molecule has 3 rings (SSSR count). The Morgan fingerprint density at radius 2 is 1.68 bits per heavy atom. The molecule has 1 saturated heterocycles. The van der Waals surface area contributed by atoms with Gasteiger partial charge in [0.2, 0.25) is 15.9 Å². The molecule has 0 saturated carbocycles. The van der Waals surface area contributed by atoms with Crippen molar-refractivity contribution in [1.82, 2.24) is 4.31 Å². The van der Waals surface area contributed by atoms with E-state index in [0.717, 1.165) is 45.6 Å². The number of piperazine rings is 1. The molecule has 1 aliphatic rings. The number of sulfonamides is 1. The lowest BCUT2D eigenvalue weighted by atomic mass is 10.1. The number of hydrogen-bond donors (Lipinski definition) is 0. The van der Waals surface area contributed by atoms with Gasteiger partial charge in [-0.1, -0.05) is 6.07 Å². The molecule has 1 aliphatic heterocycles. The molecule has 0 radical (unpaired) electrons. The molecule has 10 heteroatoms. The average Bonchev–Trinajstić information content (AvgIpc) is 2.63. The number of amides is 1. The predicted octanol–water partition coefficient (Wildman–Crippen LogP) is 3.27. The van der Waals surface area contributed by atoms with Crippen LogP contribution in [0.3, 0.4) is 0 Å². The molecule has 2 aromatic rings. The topological polar surface area (TPSA) is 57.7 Å². The summed E-state index contributed by atoms with van der Waals surface area (Å²) in [6.45, 7) is 1.15. The van der Waals surface area contributed by atoms with Gasteiger partial charge in [-0.25, -0.2) is 12.8 Å². The maximum absolute atomic E-state index is 13.1. The highest BCUT2D eigenvalue weighted by atomic mass is 32.2. The summed E-state index contributed by atoms with van der Waals surface area (Å²) in [5.41, 5.74) is -0.850. The Morgan fingerprint density at radius 3 is 2.29 bits per heavy atom. The van der Waals surface area contributed by atoms with Crippen LogP contribution in [0.2, 0.25) is 0 Å². The van der Waals surface area contributed by atoms with Crippen LogP contribution in [0.1, 0.15) is 12.5 Å². The van der Waals surface area contributed by atoms with Crippen molar-refractivity contribution in [3.63, 3.8) is 0 Å². The fourth-order valence-corrected chi connectivity index (χ4v) is 4.61. The first-order valence-electron chi connectivity index (χ1n) is 8.28. The molecular formula is C18H16F4N2O3S. The molecule has 1 unspecified atom stereocenters. The first kappa shape index (κ1) is 20.3. The fourth-order valence-electron chi connectivity index (χ4n) is 3.03. The summed E-state index contributed by atoms with van der Waals surface area (Å²) in [7, 11) is -4.06. The minimum absolute atomic E-state index is 0.0468. The zero-order valence-electron chi connectivity index (χ0n) is 14.6. The summed E-state index contributed by atoms with van der Waals surface area (Å²) in [5.74, 6) is -1.24. The van der Waals surface area contributed by atoms with Gasteiger partial charge in [0.1, 0.15) is 11.9 Å². The van der Waals surface area contributed by atoms with E-state index in [1.807, 2.05) is 0 Å². The van der Waals surface area contributed by atoms with Gasteiger partial charge in [0, 0.05) is 18.8 Å². The van der Waals surface area contributed by atoms with Gasteiger partial charge in [-0.3, -0.25) is 4.79 Å². The molecule has 1 atom stereocenters. The Morgan fingerprint density at radius 1 is 1.04 bits per heavy atom. The Kier molecular flexibility index (Phi) is 5.20. The van der Waals surface area contributed by atoms with Crippen molar-refractivity contribution in [3.05, 3.63) is 59.9 Å². The molecule has 1 heterocycles. The van der Waals surface area contributed by atoms with Crippen LogP contribution in [-0.4, -0.2) is 37.8 Å². The van der Waals surface area contributed by atoms with E-state index in [0.29, 0.717) is 0 Å².